The molecular formula is C3H4ClNOS. The summed E-state index contributed by atoms with van der Waals surface area (Å²) in [6.07, 6.45) is 1.35. The van der Waals surface area contributed by atoms with Crippen LogP contribution in [0.4, 0.5) is 0 Å². The molecule has 1 rings (SSSR count). The highest BCUT2D eigenvalue weighted by Crippen LogP contribution is 2.05. The van der Waals surface area contributed by atoms with E-state index in [4.69, 9.17) is 0 Å². The van der Waals surface area contributed by atoms with Gasteiger partial charge in [-0.3, -0.25) is 4.79 Å². The van der Waals surface area contributed by atoms with Crippen molar-refractivity contribution in [3.63, 3.8) is 0 Å². The maximum Gasteiger partial charge on any atom is 0.186 e. The summed E-state index contributed by atoms with van der Waals surface area (Å²) < 4.78 is 3.61. The first-order chi connectivity index (χ1) is 2.89. The number of nitrogens with zero attached hydrogens (tertiary/aromatic N) is 1. The minimum atomic E-state index is 0. The Balaban J connectivity index is 0.000000360. The van der Waals surface area contributed by atoms with Gasteiger partial charge in [-0.2, -0.15) is 0 Å². The fraction of sp³-hybridized carbons (Fsp3) is 0.333. The van der Waals surface area contributed by atoms with Crippen LogP contribution in [0.5, 0.6) is 0 Å². The molecule has 4 heteroatoms. The minimum Gasteiger partial charge on any atom is -0.292 e. The first-order valence-corrected chi connectivity index (χ1v) is 2.52. The average Bonchev–Trinajstić information content (AvgIpc) is 1.86. The van der Waals surface area contributed by atoms with Crippen molar-refractivity contribution in [3.05, 3.63) is 0 Å². The quantitative estimate of drug-likeness (QED) is 0.461. The smallest absolute Gasteiger partial charge is 0.186 e. The van der Waals surface area contributed by atoms with E-state index in [1.54, 1.807) is 0 Å². The number of carbonyl (C=O) groups excluding carboxylic acids is 1. The van der Waals surface area contributed by atoms with Crippen molar-refractivity contribution in [3.8, 4) is 0 Å². The molecule has 1 aliphatic rings. The SMILES string of the molecule is Cl.O=C1C=NSC1. The molecular weight excluding hydrogens is 134 g/mol. The third-order valence-corrected chi connectivity index (χ3v) is 1.15. The van der Waals surface area contributed by atoms with E-state index in [1.807, 2.05) is 0 Å². The number of rotatable bonds is 0. The fourth-order valence-electron chi connectivity index (χ4n) is 0.234. The lowest BCUT2D eigenvalue weighted by atomic mass is 10.5. The predicted molar refractivity (Wildman–Crippen MR) is 33.2 cm³/mol. The van der Waals surface area contributed by atoms with Gasteiger partial charge in [0.25, 0.3) is 0 Å². The van der Waals surface area contributed by atoms with E-state index < -0.39 is 0 Å². The van der Waals surface area contributed by atoms with E-state index in [0.717, 1.165) is 0 Å². The van der Waals surface area contributed by atoms with Crippen LogP contribution in [0.2, 0.25) is 0 Å². The number of hydrogen-bond acceptors (Lipinski definition) is 3. The lowest BCUT2D eigenvalue weighted by molar-refractivity contribution is -0.110. The van der Waals surface area contributed by atoms with Gasteiger partial charge < -0.3 is 0 Å². The van der Waals surface area contributed by atoms with Gasteiger partial charge in [-0.1, -0.05) is 0 Å². The Labute approximate surface area is 51.9 Å². The Kier molecular flexibility index (Phi) is 3.04. The molecule has 0 spiro atoms. The molecule has 1 aliphatic heterocycles. The van der Waals surface area contributed by atoms with Crippen molar-refractivity contribution >= 4 is 36.4 Å². The second kappa shape index (κ2) is 3.04. The van der Waals surface area contributed by atoms with Crippen LogP contribution in [0.1, 0.15) is 0 Å². The van der Waals surface area contributed by atoms with Crippen LogP contribution in [-0.4, -0.2) is 17.8 Å². The summed E-state index contributed by atoms with van der Waals surface area (Å²) in [5, 5.41) is 0. The highest BCUT2D eigenvalue weighted by Gasteiger charge is 2.01. The van der Waals surface area contributed by atoms with Crippen LogP contribution < -0.4 is 0 Å². The van der Waals surface area contributed by atoms with Gasteiger partial charge in [-0.15, -0.1) is 12.4 Å². The summed E-state index contributed by atoms with van der Waals surface area (Å²) in [6, 6.07) is 0. The molecule has 7 heavy (non-hydrogen) atoms. The van der Waals surface area contributed by atoms with Gasteiger partial charge in [-0.05, 0) is 11.9 Å². The molecule has 0 aromatic heterocycles. The van der Waals surface area contributed by atoms with Crippen molar-refractivity contribution in [1.29, 1.82) is 0 Å². The van der Waals surface area contributed by atoms with Gasteiger partial charge in [-0.25, -0.2) is 4.40 Å². The zero-order valence-corrected chi connectivity index (χ0v) is 5.09. The molecule has 0 aliphatic carbocycles. The minimum absolute atomic E-state index is 0. The molecule has 0 bridgehead atoms. The highest BCUT2D eigenvalue weighted by molar-refractivity contribution is 7.99. The zero-order valence-electron chi connectivity index (χ0n) is 3.46. The van der Waals surface area contributed by atoms with E-state index in [9.17, 15) is 4.79 Å². The summed E-state index contributed by atoms with van der Waals surface area (Å²) in [4.78, 5) is 10.1. The number of halogens is 1. The first kappa shape index (κ1) is 6.98. The molecule has 2 nitrogen and oxygen atoms in total. The first-order valence-electron chi connectivity index (χ1n) is 1.58. The Morgan fingerprint density at radius 3 is 2.71 bits per heavy atom. The second-order valence-electron chi connectivity index (χ2n) is 0.974. The average molecular weight is 138 g/mol. The van der Waals surface area contributed by atoms with Gasteiger partial charge >= 0.3 is 0 Å². The fourth-order valence-corrected chi connectivity index (χ4v) is 0.703. The van der Waals surface area contributed by atoms with Crippen molar-refractivity contribution in [2.75, 3.05) is 5.75 Å². The van der Waals surface area contributed by atoms with Crippen molar-refractivity contribution in [2.45, 2.75) is 0 Å². The van der Waals surface area contributed by atoms with E-state index in [0.29, 0.717) is 5.75 Å². The van der Waals surface area contributed by atoms with E-state index in [-0.39, 0.29) is 18.2 Å². The molecule has 40 valence electrons. The Morgan fingerprint density at radius 2 is 2.57 bits per heavy atom. The van der Waals surface area contributed by atoms with Gasteiger partial charge in [0, 0.05) is 0 Å². The van der Waals surface area contributed by atoms with Crippen LogP contribution >= 0.6 is 24.4 Å². The lowest BCUT2D eigenvalue weighted by Gasteiger charge is -1.67. The molecule has 0 aromatic carbocycles. The molecule has 0 amide bonds. The lowest BCUT2D eigenvalue weighted by Crippen LogP contribution is -1.93. The molecule has 1 heterocycles. The Morgan fingerprint density at radius 1 is 1.86 bits per heavy atom. The molecule has 0 unspecified atom stereocenters. The topological polar surface area (TPSA) is 29.4 Å². The summed E-state index contributed by atoms with van der Waals surface area (Å²) >= 11 is 1.30. The molecule has 0 N–H and O–H groups in total. The van der Waals surface area contributed by atoms with E-state index in [2.05, 4.69) is 4.40 Å². The number of ketones is 1. The van der Waals surface area contributed by atoms with Crippen LogP contribution in [0.25, 0.3) is 0 Å². The molecule has 0 atom stereocenters. The molecule has 0 fully saturated rings. The summed E-state index contributed by atoms with van der Waals surface area (Å²) in [5.74, 6) is 0.667. The van der Waals surface area contributed by atoms with Crippen LogP contribution in [0.3, 0.4) is 0 Å². The monoisotopic (exact) mass is 137 g/mol. The van der Waals surface area contributed by atoms with Gasteiger partial charge in [0.15, 0.2) is 5.78 Å². The van der Waals surface area contributed by atoms with Crippen molar-refractivity contribution in [1.82, 2.24) is 0 Å². The standard InChI is InChI=1S/C3H3NOS.ClH/c5-3-1-4-6-2-3;/h1H,2H2;1H. The van der Waals surface area contributed by atoms with Gasteiger partial charge in [0.05, 0.1) is 12.0 Å². The van der Waals surface area contributed by atoms with Gasteiger partial charge in [0.1, 0.15) is 0 Å². The van der Waals surface area contributed by atoms with Gasteiger partial charge in [0.2, 0.25) is 0 Å². The van der Waals surface area contributed by atoms with Crippen LogP contribution in [0, 0.1) is 0 Å². The predicted octanol–water partition coefficient (Wildman–Crippen LogP) is 0.710. The summed E-state index contributed by atoms with van der Waals surface area (Å²) in [5.41, 5.74) is 0. The maximum atomic E-state index is 10.1. The van der Waals surface area contributed by atoms with Crippen LogP contribution in [-0.2, 0) is 4.79 Å². The maximum absolute atomic E-state index is 10.1. The second-order valence-corrected chi connectivity index (χ2v) is 1.73. The van der Waals surface area contributed by atoms with E-state index in [1.165, 1.54) is 18.2 Å². The van der Waals surface area contributed by atoms with Crippen molar-refractivity contribution in [2.24, 2.45) is 4.40 Å². The molecule has 0 aromatic rings. The zero-order chi connectivity index (χ0) is 4.41. The Hall–Kier alpha value is -0.0200. The normalized spacial score (nSPS) is 16.9. The number of Topliss-reactive ketones (excluding diaryl/α,β-unsaturated/α-hetero) is 1. The Bertz CT molecular complexity index is 103. The van der Waals surface area contributed by atoms with E-state index >= 15 is 0 Å². The highest BCUT2D eigenvalue weighted by atomic mass is 35.5. The largest absolute Gasteiger partial charge is 0.292 e. The number of hydrogen-bond donors (Lipinski definition) is 0. The third kappa shape index (κ3) is 1.94. The molecule has 0 radical (unpaired) electrons. The van der Waals surface area contributed by atoms with Crippen molar-refractivity contribution < 1.29 is 4.79 Å². The third-order valence-electron chi connectivity index (χ3n) is 0.478. The van der Waals surface area contributed by atoms with Crippen LogP contribution in [0.15, 0.2) is 4.40 Å². The summed E-state index contributed by atoms with van der Waals surface area (Å²) in [6.45, 7) is 0. The summed E-state index contributed by atoms with van der Waals surface area (Å²) in [7, 11) is 0. The number of carbonyl (C=O) groups is 1. The molecule has 0 saturated carbocycles. The molecule has 0 saturated heterocycles.